The van der Waals surface area contributed by atoms with Gasteiger partial charge >= 0.3 is 10.2 Å². The second-order valence-corrected chi connectivity index (χ2v) is 12.8. The number of amides is 2. The Kier molecular flexibility index (Phi) is 10.1. The lowest BCUT2D eigenvalue weighted by molar-refractivity contribution is -0.140. The molecule has 8 nitrogen and oxygen atoms in total. The molecule has 0 aliphatic heterocycles. The number of nitrogens with one attached hydrogen (secondary N) is 1. The Morgan fingerprint density at radius 1 is 0.850 bits per heavy atom. The summed E-state index contributed by atoms with van der Waals surface area (Å²) >= 11 is 0. The quantitative estimate of drug-likeness (QED) is 0.379. The molecular formula is C30H37FN4O4S. The van der Waals surface area contributed by atoms with Gasteiger partial charge < -0.3 is 10.2 Å². The maximum atomic E-state index is 14.1. The summed E-state index contributed by atoms with van der Waals surface area (Å²) in [6.45, 7) is 5.05. The SMILES string of the molecule is CN(C)S(=O)(=O)N(CC(=O)N(Cc1ccccc1)[C@@H](Cc1ccccc1)C(=O)NC(C)(C)C)c1ccc(F)cc1. The van der Waals surface area contributed by atoms with Crippen molar-refractivity contribution in [2.75, 3.05) is 24.9 Å². The minimum Gasteiger partial charge on any atom is -0.350 e. The molecule has 0 aliphatic carbocycles. The minimum atomic E-state index is -4.14. The van der Waals surface area contributed by atoms with Crippen LogP contribution in [0.5, 0.6) is 0 Å². The molecule has 3 rings (SSSR count). The van der Waals surface area contributed by atoms with Crippen molar-refractivity contribution in [3.63, 3.8) is 0 Å². The molecule has 2 amide bonds. The van der Waals surface area contributed by atoms with Crippen LogP contribution in [0.2, 0.25) is 0 Å². The smallest absolute Gasteiger partial charge is 0.304 e. The molecule has 1 atom stereocenters. The number of halogens is 1. The molecule has 0 saturated carbocycles. The van der Waals surface area contributed by atoms with Crippen LogP contribution in [0.4, 0.5) is 10.1 Å². The van der Waals surface area contributed by atoms with Crippen LogP contribution in [-0.4, -0.2) is 61.7 Å². The van der Waals surface area contributed by atoms with Gasteiger partial charge in [0.15, 0.2) is 0 Å². The van der Waals surface area contributed by atoms with Crippen LogP contribution < -0.4 is 9.62 Å². The van der Waals surface area contributed by atoms with Crippen molar-refractivity contribution >= 4 is 27.7 Å². The van der Waals surface area contributed by atoms with Gasteiger partial charge in [-0.25, -0.2) is 8.70 Å². The average molecular weight is 569 g/mol. The van der Waals surface area contributed by atoms with Crippen molar-refractivity contribution in [1.82, 2.24) is 14.5 Å². The molecule has 0 unspecified atom stereocenters. The Morgan fingerprint density at radius 3 is 1.88 bits per heavy atom. The number of rotatable bonds is 11. The van der Waals surface area contributed by atoms with Crippen LogP contribution >= 0.6 is 0 Å². The summed E-state index contributed by atoms with van der Waals surface area (Å²) in [5.41, 5.74) is 1.18. The first-order chi connectivity index (χ1) is 18.8. The lowest BCUT2D eigenvalue weighted by atomic mass is 10.0. The third-order valence-corrected chi connectivity index (χ3v) is 7.92. The molecule has 40 heavy (non-hydrogen) atoms. The molecule has 0 heterocycles. The summed E-state index contributed by atoms with van der Waals surface area (Å²) in [6.07, 6.45) is 0.221. The molecule has 0 aliphatic rings. The van der Waals surface area contributed by atoms with Crippen LogP contribution in [0.3, 0.4) is 0 Å². The van der Waals surface area contributed by atoms with Crippen molar-refractivity contribution in [2.24, 2.45) is 0 Å². The summed E-state index contributed by atoms with van der Waals surface area (Å²) in [5, 5.41) is 2.99. The highest BCUT2D eigenvalue weighted by Crippen LogP contribution is 2.22. The van der Waals surface area contributed by atoms with E-state index in [2.05, 4.69) is 5.32 Å². The van der Waals surface area contributed by atoms with Gasteiger partial charge in [-0.05, 0) is 56.2 Å². The zero-order valence-electron chi connectivity index (χ0n) is 23.5. The molecule has 3 aromatic carbocycles. The van der Waals surface area contributed by atoms with Gasteiger partial charge in [-0.1, -0.05) is 60.7 Å². The van der Waals surface area contributed by atoms with E-state index in [9.17, 15) is 22.4 Å². The fourth-order valence-corrected chi connectivity index (χ4v) is 5.17. The number of hydrogen-bond donors (Lipinski definition) is 1. The normalized spacial score (nSPS) is 12.6. The lowest BCUT2D eigenvalue weighted by Crippen LogP contribution is -2.56. The Morgan fingerprint density at radius 2 is 1.38 bits per heavy atom. The van der Waals surface area contributed by atoms with E-state index in [1.165, 1.54) is 31.1 Å². The maximum Gasteiger partial charge on any atom is 0.304 e. The van der Waals surface area contributed by atoms with Gasteiger partial charge in [0, 0.05) is 32.6 Å². The first kappa shape index (κ1) is 30.8. The maximum absolute atomic E-state index is 14.1. The predicted molar refractivity (Wildman–Crippen MR) is 155 cm³/mol. The first-order valence-corrected chi connectivity index (χ1v) is 14.3. The minimum absolute atomic E-state index is 0.0774. The number of carbonyl (C=O) groups excluding carboxylic acids is 2. The van der Waals surface area contributed by atoms with Crippen molar-refractivity contribution in [3.8, 4) is 0 Å². The van der Waals surface area contributed by atoms with Gasteiger partial charge in [-0.3, -0.25) is 9.59 Å². The van der Waals surface area contributed by atoms with E-state index in [-0.39, 0.29) is 24.6 Å². The summed E-state index contributed by atoms with van der Waals surface area (Å²) < 4.78 is 42.2. The number of carbonyl (C=O) groups is 2. The van der Waals surface area contributed by atoms with E-state index in [0.717, 1.165) is 31.9 Å². The van der Waals surface area contributed by atoms with Crippen LogP contribution in [0.15, 0.2) is 84.9 Å². The van der Waals surface area contributed by atoms with E-state index in [1.54, 1.807) is 0 Å². The van der Waals surface area contributed by atoms with Gasteiger partial charge in [0.25, 0.3) is 0 Å². The second-order valence-electron chi connectivity index (χ2n) is 10.7. The first-order valence-electron chi connectivity index (χ1n) is 12.9. The van der Waals surface area contributed by atoms with Crippen LogP contribution in [-0.2, 0) is 32.8 Å². The Hall–Kier alpha value is -3.76. The highest BCUT2D eigenvalue weighted by Gasteiger charge is 2.35. The van der Waals surface area contributed by atoms with Gasteiger partial charge in [0.2, 0.25) is 11.8 Å². The van der Waals surface area contributed by atoms with E-state index in [1.807, 2.05) is 81.4 Å². The molecule has 214 valence electrons. The topological polar surface area (TPSA) is 90.0 Å². The summed E-state index contributed by atoms with van der Waals surface area (Å²) in [4.78, 5) is 29.2. The third-order valence-electron chi connectivity index (χ3n) is 6.10. The highest BCUT2D eigenvalue weighted by molar-refractivity contribution is 7.90. The van der Waals surface area contributed by atoms with Gasteiger partial charge in [0.05, 0.1) is 5.69 Å². The predicted octanol–water partition coefficient (Wildman–Crippen LogP) is 3.99. The Labute approximate surface area is 236 Å². The molecular weight excluding hydrogens is 531 g/mol. The lowest BCUT2D eigenvalue weighted by Gasteiger charge is -2.35. The Balaban J connectivity index is 2.08. The van der Waals surface area contributed by atoms with Crippen molar-refractivity contribution in [2.45, 2.75) is 45.3 Å². The molecule has 3 aromatic rings. The van der Waals surface area contributed by atoms with Crippen LogP contribution in [0.25, 0.3) is 0 Å². The standard InChI is InChI=1S/C30H37FN4O4S/c1-30(2,3)32-29(37)27(20-23-12-8-6-9-13-23)34(21-24-14-10-7-11-15-24)28(36)22-35(40(38,39)33(4)5)26-18-16-25(31)17-19-26/h6-19,27H,20-22H2,1-5H3,(H,32,37)/t27-/m0/s1. The molecule has 0 aromatic heterocycles. The van der Waals surface area contributed by atoms with Crippen molar-refractivity contribution in [3.05, 3.63) is 102 Å². The van der Waals surface area contributed by atoms with Crippen LogP contribution in [0.1, 0.15) is 31.9 Å². The molecule has 1 N–H and O–H groups in total. The van der Waals surface area contributed by atoms with E-state index in [0.29, 0.717) is 0 Å². The largest absolute Gasteiger partial charge is 0.350 e. The molecule has 0 bridgehead atoms. The van der Waals surface area contributed by atoms with E-state index >= 15 is 0 Å². The van der Waals surface area contributed by atoms with Crippen LogP contribution in [0, 0.1) is 5.82 Å². The zero-order valence-corrected chi connectivity index (χ0v) is 24.4. The second kappa shape index (κ2) is 13.1. The third kappa shape index (κ3) is 8.37. The van der Waals surface area contributed by atoms with E-state index in [4.69, 9.17) is 0 Å². The van der Waals surface area contributed by atoms with Gasteiger partial charge in [0.1, 0.15) is 18.4 Å². The van der Waals surface area contributed by atoms with Gasteiger partial charge in [-0.2, -0.15) is 12.7 Å². The average Bonchev–Trinajstić information content (AvgIpc) is 2.89. The summed E-state index contributed by atoms with van der Waals surface area (Å²) in [5.74, 6) is -1.47. The molecule has 0 radical (unpaired) electrons. The molecule has 0 fully saturated rings. The van der Waals surface area contributed by atoms with Crippen molar-refractivity contribution in [1.29, 1.82) is 0 Å². The molecule has 0 saturated heterocycles. The number of anilines is 1. The summed E-state index contributed by atoms with van der Waals surface area (Å²) in [7, 11) is -1.44. The fraction of sp³-hybridized carbons (Fsp3) is 0.333. The highest BCUT2D eigenvalue weighted by atomic mass is 32.2. The number of hydrogen-bond acceptors (Lipinski definition) is 4. The number of nitrogens with zero attached hydrogens (tertiary/aromatic N) is 3. The van der Waals surface area contributed by atoms with Crippen molar-refractivity contribution < 1.29 is 22.4 Å². The number of benzene rings is 3. The Bertz CT molecular complexity index is 1380. The monoisotopic (exact) mass is 568 g/mol. The fourth-order valence-electron chi connectivity index (χ4n) is 4.11. The molecule has 0 spiro atoms. The van der Waals surface area contributed by atoms with E-state index < -0.39 is 40.1 Å². The van der Waals surface area contributed by atoms with Gasteiger partial charge in [-0.15, -0.1) is 0 Å². The zero-order chi connectivity index (χ0) is 29.5. The summed E-state index contributed by atoms with van der Waals surface area (Å²) in [6, 6.07) is 22.5. The molecule has 10 heteroatoms.